The van der Waals surface area contributed by atoms with Crippen LogP contribution in [0.5, 0.6) is 0 Å². The largest absolute Gasteiger partial charge is 0.507 e. The Morgan fingerprint density at radius 3 is 1.89 bits per heavy atom. The van der Waals surface area contributed by atoms with Gasteiger partial charge in [-0.25, -0.2) is 0 Å². The summed E-state index contributed by atoms with van der Waals surface area (Å²) in [5.74, 6) is -0.00407. The molecule has 1 N–H and O–H groups in total. The van der Waals surface area contributed by atoms with Crippen LogP contribution < -0.4 is 0 Å². The Balaban J connectivity index is 4.17. The van der Waals surface area contributed by atoms with Gasteiger partial charge in [-0.15, -0.1) is 0 Å². The van der Waals surface area contributed by atoms with Crippen molar-refractivity contribution in [3.05, 3.63) is 34.0 Å². The minimum atomic E-state index is -0.00407. The highest BCUT2D eigenvalue weighted by Crippen LogP contribution is 2.16. The number of halogens is 2. The Bertz CT molecular complexity index is 170. The summed E-state index contributed by atoms with van der Waals surface area (Å²) in [5.41, 5.74) is 0. The predicted molar refractivity (Wildman–Crippen MR) is 46.8 cm³/mol. The lowest BCUT2D eigenvalue weighted by Crippen LogP contribution is -1.74. The molecule has 0 aromatic heterocycles. The second-order valence-electron chi connectivity index (χ2n) is 1.39. The summed E-state index contributed by atoms with van der Waals surface area (Å²) in [7, 11) is 0. The smallest absolute Gasteiger partial charge is 0.122 e. The Morgan fingerprint density at radius 1 is 1.33 bits per heavy atom. The quantitative estimate of drug-likeness (QED) is 0.592. The molecule has 50 valence electrons. The van der Waals surface area contributed by atoms with Crippen LogP contribution in [-0.2, 0) is 0 Å². The van der Waals surface area contributed by atoms with Crippen molar-refractivity contribution in [2.75, 3.05) is 0 Å². The van der Waals surface area contributed by atoms with Gasteiger partial charge >= 0.3 is 0 Å². The lowest BCUT2D eigenvalue weighted by atomic mass is 10.4. The number of hydrogen-bond donors (Lipinski definition) is 1. The van der Waals surface area contributed by atoms with E-state index in [4.69, 9.17) is 5.11 Å². The third-order valence-electron chi connectivity index (χ3n) is 0.559. The molecule has 0 aliphatic carbocycles. The first-order valence-electron chi connectivity index (χ1n) is 2.14. The zero-order chi connectivity index (χ0) is 7.44. The predicted octanol–water partition coefficient (Wildman–Crippen LogP) is 3.25. The van der Waals surface area contributed by atoms with Gasteiger partial charge < -0.3 is 5.11 Å². The molecule has 0 fully saturated rings. The number of allylic oxidation sites excluding steroid dienone is 3. The lowest BCUT2D eigenvalue weighted by molar-refractivity contribution is 0.433. The van der Waals surface area contributed by atoms with Crippen molar-refractivity contribution < 1.29 is 5.11 Å². The minimum absolute atomic E-state index is 0.00407. The number of aliphatic hydroxyl groups is 1. The molecule has 0 amide bonds. The average molecular weight is 254 g/mol. The fraction of sp³-hybridized carbons (Fsp3) is 0. The first kappa shape index (κ1) is 8.98. The van der Waals surface area contributed by atoms with Crippen molar-refractivity contribution in [2.45, 2.75) is 0 Å². The summed E-state index contributed by atoms with van der Waals surface area (Å²) < 4.78 is 1.22. The van der Waals surface area contributed by atoms with E-state index in [1.807, 2.05) is 0 Å². The molecular formula is C6H6Br2O. The summed E-state index contributed by atoms with van der Waals surface area (Å²) in [6.07, 6.45) is 1.61. The highest BCUT2D eigenvalue weighted by atomic mass is 79.9. The molecule has 0 aliphatic heterocycles. The summed E-state index contributed by atoms with van der Waals surface area (Å²) in [5, 5.41) is 8.70. The van der Waals surface area contributed by atoms with Crippen molar-refractivity contribution in [1.29, 1.82) is 0 Å². The van der Waals surface area contributed by atoms with E-state index in [0.717, 1.165) is 0 Å². The van der Waals surface area contributed by atoms with Crippen molar-refractivity contribution in [3.63, 3.8) is 0 Å². The lowest BCUT2D eigenvalue weighted by Gasteiger charge is -1.92. The average Bonchev–Trinajstić information content (AvgIpc) is 1.63. The molecule has 9 heavy (non-hydrogen) atoms. The fourth-order valence-electron chi connectivity index (χ4n) is 0.221. The van der Waals surface area contributed by atoms with E-state index in [9.17, 15) is 0 Å². The van der Waals surface area contributed by atoms with Crippen LogP contribution in [0.25, 0.3) is 0 Å². The molecule has 0 radical (unpaired) electrons. The molecule has 1 nitrogen and oxygen atoms in total. The molecule has 0 saturated carbocycles. The van der Waals surface area contributed by atoms with Gasteiger partial charge in [0, 0.05) is 4.48 Å². The molecule has 0 aliphatic rings. The van der Waals surface area contributed by atoms with E-state index in [-0.39, 0.29) is 5.76 Å². The standard InChI is InChI=1S/C6H6Br2O/c1-4(7)3-6(8)5(2)9/h3,9H,1-2H2/b6-3+. The van der Waals surface area contributed by atoms with Gasteiger partial charge in [-0.05, 0) is 22.0 Å². The van der Waals surface area contributed by atoms with Crippen molar-refractivity contribution in [2.24, 2.45) is 0 Å². The Morgan fingerprint density at radius 2 is 1.78 bits per heavy atom. The SMILES string of the molecule is C=C(Br)/C=C(/Br)C(=C)O. The fourth-order valence-corrected chi connectivity index (χ4v) is 1.03. The highest BCUT2D eigenvalue weighted by Gasteiger charge is 1.92. The third-order valence-corrected chi connectivity index (χ3v) is 1.47. The number of aliphatic hydroxyl groups excluding tert-OH is 1. The van der Waals surface area contributed by atoms with Crippen LogP contribution >= 0.6 is 31.9 Å². The first-order chi connectivity index (χ1) is 4.04. The van der Waals surface area contributed by atoms with Gasteiger partial charge in [-0.1, -0.05) is 29.1 Å². The molecule has 0 unspecified atom stereocenters. The van der Waals surface area contributed by atoms with Gasteiger partial charge in [0.05, 0.1) is 4.48 Å². The van der Waals surface area contributed by atoms with Crippen LogP contribution in [0.3, 0.4) is 0 Å². The Hall–Kier alpha value is -0.0200. The topological polar surface area (TPSA) is 20.2 Å². The van der Waals surface area contributed by atoms with E-state index >= 15 is 0 Å². The monoisotopic (exact) mass is 252 g/mol. The van der Waals surface area contributed by atoms with Crippen LogP contribution in [-0.4, -0.2) is 5.11 Å². The van der Waals surface area contributed by atoms with Crippen LogP contribution in [0, 0.1) is 0 Å². The summed E-state index contributed by atoms with van der Waals surface area (Å²) in [4.78, 5) is 0. The van der Waals surface area contributed by atoms with Gasteiger partial charge in [0.1, 0.15) is 5.76 Å². The van der Waals surface area contributed by atoms with Gasteiger partial charge in [-0.2, -0.15) is 0 Å². The first-order valence-corrected chi connectivity index (χ1v) is 3.72. The summed E-state index contributed by atoms with van der Waals surface area (Å²) in [6, 6.07) is 0. The molecule has 3 heteroatoms. The number of hydrogen-bond acceptors (Lipinski definition) is 1. The second-order valence-corrected chi connectivity index (χ2v) is 3.26. The van der Waals surface area contributed by atoms with E-state index in [2.05, 4.69) is 45.0 Å². The molecule has 0 saturated heterocycles. The van der Waals surface area contributed by atoms with Crippen molar-refractivity contribution >= 4 is 31.9 Å². The van der Waals surface area contributed by atoms with Crippen molar-refractivity contribution in [3.8, 4) is 0 Å². The summed E-state index contributed by atoms with van der Waals surface area (Å²) in [6.45, 7) is 6.82. The molecule has 0 atom stereocenters. The maximum absolute atomic E-state index is 8.70. The van der Waals surface area contributed by atoms with Crippen LogP contribution in [0.1, 0.15) is 0 Å². The van der Waals surface area contributed by atoms with Crippen LogP contribution in [0.4, 0.5) is 0 Å². The molecule has 0 heterocycles. The maximum atomic E-state index is 8.70. The van der Waals surface area contributed by atoms with Gasteiger partial charge in [0.25, 0.3) is 0 Å². The summed E-state index contributed by atoms with van der Waals surface area (Å²) >= 11 is 6.15. The molecule has 0 rings (SSSR count). The maximum Gasteiger partial charge on any atom is 0.122 e. The Labute approximate surface area is 71.0 Å². The van der Waals surface area contributed by atoms with E-state index in [1.54, 1.807) is 6.08 Å². The molecule has 0 aromatic carbocycles. The van der Waals surface area contributed by atoms with E-state index in [1.165, 1.54) is 0 Å². The molecule has 0 spiro atoms. The zero-order valence-corrected chi connectivity index (χ0v) is 7.87. The van der Waals surface area contributed by atoms with Crippen molar-refractivity contribution in [1.82, 2.24) is 0 Å². The third kappa shape index (κ3) is 4.48. The van der Waals surface area contributed by atoms with Gasteiger partial charge in [0.2, 0.25) is 0 Å². The minimum Gasteiger partial charge on any atom is -0.507 e. The van der Waals surface area contributed by atoms with Crippen LogP contribution in [0.2, 0.25) is 0 Å². The second kappa shape index (κ2) is 3.90. The van der Waals surface area contributed by atoms with Gasteiger partial charge in [-0.3, -0.25) is 0 Å². The Kier molecular flexibility index (Phi) is 3.89. The highest BCUT2D eigenvalue weighted by molar-refractivity contribution is 9.12. The molecule has 0 aromatic rings. The normalized spacial score (nSPS) is 11.1. The van der Waals surface area contributed by atoms with E-state index in [0.29, 0.717) is 8.96 Å². The zero-order valence-electron chi connectivity index (χ0n) is 4.69. The molecular weight excluding hydrogens is 248 g/mol. The molecule has 0 bridgehead atoms. The van der Waals surface area contributed by atoms with Crippen LogP contribution in [0.15, 0.2) is 34.0 Å². The number of rotatable bonds is 2. The van der Waals surface area contributed by atoms with E-state index < -0.39 is 0 Å². The van der Waals surface area contributed by atoms with Gasteiger partial charge in [0.15, 0.2) is 0 Å².